The molecule has 0 aliphatic carbocycles. The number of hydrogen-bond donors (Lipinski definition) is 1. The Morgan fingerprint density at radius 1 is 1.25 bits per heavy atom. The van der Waals surface area contributed by atoms with E-state index in [2.05, 4.69) is 28.7 Å². The fourth-order valence-electron chi connectivity index (χ4n) is 2.02. The lowest BCUT2D eigenvalue weighted by Gasteiger charge is -2.14. The predicted octanol–water partition coefficient (Wildman–Crippen LogP) is 4.04. The largest absolute Gasteiger partial charge is 0.326 e. The molecule has 20 heavy (non-hydrogen) atoms. The summed E-state index contributed by atoms with van der Waals surface area (Å²) in [5.74, 6) is 0.960. The summed E-state index contributed by atoms with van der Waals surface area (Å²) in [7, 11) is 0. The summed E-state index contributed by atoms with van der Waals surface area (Å²) >= 11 is 12.5. The fourth-order valence-corrected chi connectivity index (χ4v) is 2.54. The standard InChI is InChI=1S/C15H19Cl2N3/c1-10(2)18-7-12-8-19-11(3)20(12)9-13-14(16)5-4-6-15(13)17/h4-6,8,10,18H,7,9H2,1-3H3. The van der Waals surface area contributed by atoms with Crippen molar-refractivity contribution < 1.29 is 0 Å². The van der Waals surface area contributed by atoms with Gasteiger partial charge in [-0.25, -0.2) is 4.98 Å². The minimum absolute atomic E-state index is 0.433. The highest BCUT2D eigenvalue weighted by molar-refractivity contribution is 6.35. The number of benzene rings is 1. The topological polar surface area (TPSA) is 29.9 Å². The highest BCUT2D eigenvalue weighted by atomic mass is 35.5. The molecule has 0 amide bonds. The van der Waals surface area contributed by atoms with Gasteiger partial charge in [0, 0.05) is 34.4 Å². The van der Waals surface area contributed by atoms with E-state index in [-0.39, 0.29) is 0 Å². The molecule has 0 saturated heterocycles. The van der Waals surface area contributed by atoms with Crippen molar-refractivity contribution in [2.45, 2.75) is 39.9 Å². The van der Waals surface area contributed by atoms with Crippen LogP contribution >= 0.6 is 23.2 Å². The lowest BCUT2D eigenvalue weighted by molar-refractivity contribution is 0.562. The van der Waals surface area contributed by atoms with Gasteiger partial charge in [-0.1, -0.05) is 43.1 Å². The molecule has 0 saturated carbocycles. The minimum Gasteiger partial charge on any atom is -0.326 e. The van der Waals surface area contributed by atoms with Crippen LogP contribution in [0.25, 0.3) is 0 Å². The van der Waals surface area contributed by atoms with Gasteiger partial charge in [0.1, 0.15) is 5.82 Å². The molecule has 0 spiro atoms. The van der Waals surface area contributed by atoms with Crippen molar-refractivity contribution in [2.75, 3.05) is 0 Å². The monoisotopic (exact) mass is 311 g/mol. The zero-order valence-electron chi connectivity index (χ0n) is 12.0. The molecule has 0 aliphatic rings. The second-order valence-corrected chi connectivity index (χ2v) is 5.93. The van der Waals surface area contributed by atoms with Crippen molar-refractivity contribution in [1.29, 1.82) is 0 Å². The van der Waals surface area contributed by atoms with Crippen molar-refractivity contribution in [3.8, 4) is 0 Å². The maximum atomic E-state index is 6.24. The summed E-state index contributed by atoms with van der Waals surface area (Å²) in [6, 6.07) is 6.01. The normalized spacial score (nSPS) is 11.3. The van der Waals surface area contributed by atoms with E-state index in [0.29, 0.717) is 22.6 Å². The minimum atomic E-state index is 0.433. The lowest BCUT2D eigenvalue weighted by atomic mass is 10.2. The van der Waals surface area contributed by atoms with Crippen molar-refractivity contribution in [3.63, 3.8) is 0 Å². The number of nitrogens with one attached hydrogen (secondary N) is 1. The summed E-state index contributed by atoms with van der Waals surface area (Å²) in [6.45, 7) is 7.65. The molecular weight excluding hydrogens is 293 g/mol. The van der Waals surface area contributed by atoms with Crippen LogP contribution < -0.4 is 5.32 Å². The van der Waals surface area contributed by atoms with Crippen molar-refractivity contribution in [3.05, 3.63) is 51.5 Å². The van der Waals surface area contributed by atoms with Gasteiger partial charge in [0.05, 0.1) is 12.2 Å². The van der Waals surface area contributed by atoms with Crippen molar-refractivity contribution in [1.82, 2.24) is 14.9 Å². The molecule has 1 heterocycles. The molecule has 0 atom stereocenters. The number of nitrogens with zero attached hydrogens (tertiary/aromatic N) is 2. The molecule has 0 radical (unpaired) electrons. The van der Waals surface area contributed by atoms with Crippen LogP contribution in [0, 0.1) is 6.92 Å². The number of hydrogen-bond acceptors (Lipinski definition) is 2. The van der Waals surface area contributed by atoms with E-state index < -0.39 is 0 Å². The van der Waals surface area contributed by atoms with Gasteiger partial charge in [-0.3, -0.25) is 0 Å². The van der Waals surface area contributed by atoms with E-state index >= 15 is 0 Å². The Bertz CT molecular complexity index is 571. The van der Waals surface area contributed by atoms with Crippen molar-refractivity contribution >= 4 is 23.2 Å². The van der Waals surface area contributed by atoms with Crippen LogP contribution in [-0.4, -0.2) is 15.6 Å². The van der Waals surface area contributed by atoms with E-state index in [0.717, 1.165) is 23.6 Å². The van der Waals surface area contributed by atoms with Gasteiger partial charge in [-0.2, -0.15) is 0 Å². The van der Waals surface area contributed by atoms with Gasteiger partial charge in [-0.15, -0.1) is 0 Å². The molecule has 0 fully saturated rings. The van der Waals surface area contributed by atoms with Crippen LogP contribution in [0.1, 0.15) is 30.9 Å². The highest BCUT2D eigenvalue weighted by Gasteiger charge is 2.11. The second kappa shape index (κ2) is 6.61. The molecule has 2 rings (SSSR count). The van der Waals surface area contributed by atoms with E-state index in [1.165, 1.54) is 0 Å². The summed E-state index contributed by atoms with van der Waals surface area (Å²) in [5.41, 5.74) is 2.06. The molecule has 5 heteroatoms. The third-order valence-corrected chi connectivity index (χ3v) is 3.92. The average molecular weight is 312 g/mol. The first kappa shape index (κ1) is 15.4. The third-order valence-electron chi connectivity index (χ3n) is 3.21. The van der Waals surface area contributed by atoms with Crippen LogP contribution in [0.3, 0.4) is 0 Å². The average Bonchev–Trinajstić information content (AvgIpc) is 2.72. The molecule has 3 nitrogen and oxygen atoms in total. The van der Waals surface area contributed by atoms with Gasteiger partial charge >= 0.3 is 0 Å². The second-order valence-electron chi connectivity index (χ2n) is 5.12. The smallest absolute Gasteiger partial charge is 0.106 e. The molecule has 0 unspecified atom stereocenters. The van der Waals surface area contributed by atoms with Crippen LogP contribution in [0.4, 0.5) is 0 Å². The van der Waals surface area contributed by atoms with Crippen LogP contribution in [0.5, 0.6) is 0 Å². The van der Waals surface area contributed by atoms with Gasteiger partial charge < -0.3 is 9.88 Å². The Kier molecular flexibility index (Phi) is 5.08. The maximum Gasteiger partial charge on any atom is 0.106 e. The zero-order chi connectivity index (χ0) is 14.7. The van der Waals surface area contributed by atoms with Crippen LogP contribution in [-0.2, 0) is 13.1 Å². The van der Waals surface area contributed by atoms with Gasteiger partial charge in [0.15, 0.2) is 0 Å². The maximum absolute atomic E-state index is 6.24. The summed E-state index contributed by atoms with van der Waals surface area (Å²) in [5, 5.41) is 4.78. The molecule has 2 aromatic rings. The van der Waals surface area contributed by atoms with Gasteiger partial charge in [0.25, 0.3) is 0 Å². The Morgan fingerprint density at radius 2 is 1.90 bits per heavy atom. The van der Waals surface area contributed by atoms with Crippen LogP contribution in [0.15, 0.2) is 24.4 Å². The number of imidazole rings is 1. The van der Waals surface area contributed by atoms with E-state index in [1.54, 1.807) is 0 Å². The van der Waals surface area contributed by atoms with Crippen molar-refractivity contribution in [2.24, 2.45) is 0 Å². The first-order chi connectivity index (χ1) is 9.49. The molecule has 1 aromatic heterocycles. The quantitative estimate of drug-likeness (QED) is 0.903. The van der Waals surface area contributed by atoms with Crippen LogP contribution in [0.2, 0.25) is 10.0 Å². The zero-order valence-corrected chi connectivity index (χ0v) is 13.5. The molecule has 0 bridgehead atoms. The van der Waals surface area contributed by atoms with E-state index in [1.807, 2.05) is 31.3 Å². The first-order valence-corrected chi connectivity index (χ1v) is 7.42. The Morgan fingerprint density at radius 3 is 2.50 bits per heavy atom. The van der Waals surface area contributed by atoms with Gasteiger partial charge in [0.2, 0.25) is 0 Å². The predicted molar refractivity (Wildman–Crippen MR) is 84.5 cm³/mol. The summed E-state index contributed by atoms with van der Waals surface area (Å²) < 4.78 is 2.14. The molecular formula is C15H19Cl2N3. The number of aryl methyl sites for hydroxylation is 1. The lowest BCUT2D eigenvalue weighted by Crippen LogP contribution is -2.23. The summed E-state index contributed by atoms with van der Waals surface area (Å²) in [4.78, 5) is 4.39. The first-order valence-electron chi connectivity index (χ1n) is 6.66. The van der Waals surface area contributed by atoms with Gasteiger partial charge in [-0.05, 0) is 19.1 Å². The summed E-state index contributed by atoms with van der Waals surface area (Å²) in [6.07, 6.45) is 1.90. The highest BCUT2D eigenvalue weighted by Crippen LogP contribution is 2.26. The Hall–Kier alpha value is -1.03. The number of rotatable bonds is 5. The number of aromatic nitrogens is 2. The third kappa shape index (κ3) is 3.54. The number of halogens is 2. The molecule has 1 N–H and O–H groups in total. The molecule has 1 aromatic carbocycles. The van der Waals surface area contributed by atoms with E-state index in [4.69, 9.17) is 23.2 Å². The Labute approximate surface area is 129 Å². The SMILES string of the molecule is Cc1ncc(CNC(C)C)n1Cc1c(Cl)cccc1Cl. The molecule has 0 aliphatic heterocycles. The Balaban J connectivity index is 2.27. The fraction of sp³-hybridized carbons (Fsp3) is 0.400. The molecule has 108 valence electrons. The van der Waals surface area contributed by atoms with E-state index in [9.17, 15) is 0 Å².